The van der Waals surface area contributed by atoms with E-state index in [1.165, 1.54) is 83.5 Å². The van der Waals surface area contributed by atoms with Gasteiger partial charge in [0.1, 0.15) is 0 Å². The van der Waals surface area contributed by atoms with Gasteiger partial charge in [0.2, 0.25) is 0 Å². The van der Waals surface area contributed by atoms with Crippen LogP contribution in [-0.4, -0.2) is 36.0 Å². The van der Waals surface area contributed by atoms with Crippen molar-refractivity contribution < 1.29 is 10.2 Å². The number of rotatable bonds is 20. The largest absolute Gasteiger partial charge is 0.396 e. The van der Waals surface area contributed by atoms with E-state index in [-0.39, 0.29) is 18.6 Å². The van der Waals surface area contributed by atoms with Gasteiger partial charge >= 0.3 is 0 Å². The van der Waals surface area contributed by atoms with Gasteiger partial charge in [-0.25, -0.2) is 0 Å². The van der Waals surface area contributed by atoms with Crippen molar-refractivity contribution in [2.24, 2.45) is 5.92 Å². The Morgan fingerprint density at radius 2 is 1.12 bits per heavy atom. The van der Waals surface area contributed by atoms with Crippen molar-refractivity contribution in [3.05, 3.63) is 0 Å². The van der Waals surface area contributed by atoms with Crippen LogP contribution in [0.1, 0.15) is 110 Å². The fraction of sp³-hybridized carbons (Fsp3) is 1.00. The van der Waals surface area contributed by atoms with Gasteiger partial charge in [0, 0.05) is 13.2 Å². The summed E-state index contributed by atoms with van der Waals surface area (Å²) in [4.78, 5) is 0. The third-order valence-corrected chi connectivity index (χ3v) is 5.08. The van der Waals surface area contributed by atoms with E-state index in [1.54, 1.807) is 0 Å². The van der Waals surface area contributed by atoms with Gasteiger partial charge in [-0.15, -0.1) is 0 Å². The highest BCUT2D eigenvalue weighted by atomic mass is 16.3. The topological polar surface area (TPSA) is 52.5 Å². The molecule has 0 spiro atoms. The third-order valence-electron chi connectivity index (χ3n) is 5.08. The van der Waals surface area contributed by atoms with Crippen LogP contribution in [0.25, 0.3) is 0 Å². The van der Waals surface area contributed by atoms with Crippen molar-refractivity contribution in [1.29, 1.82) is 0 Å². The summed E-state index contributed by atoms with van der Waals surface area (Å²) in [5.41, 5.74) is 0. The van der Waals surface area contributed by atoms with Crippen LogP contribution in [0.2, 0.25) is 0 Å². The van der Waals surface area contributed by atoms with Crippen molar-refractivity contribution in [1.82, 2.24) is 5.32 Å². The maximum Gasteiger partial charge on any atom is 0.0664 e. The highest BCUT2D eigenvalue weighted by Gasteiger charge is 2.05. The lowest BCUT2D eigenvalue weighted by atomic mass is 10.0. The SMILES string of the molecule is CCCCCCCCCCCCCCCCC(O)CNCC(C)CO. The summed E-state index contributed by atoms with van der Waals surface area (Å²) in [5, 5.41) is 22.1. The number of unbranched alkanes of at least 4 members (excludes halogenated alkanes) is 13. The van der Waals surface area contributed by atoms with Crippen LogP contribution in [0.5, 0.6) is 0 Å². The minimum atomic E-state index is -0.233. The van der Waals surface area contributed by atoms with Crippen LogP contribution in [-0.2, 0) is 0 Å². The molecule has 2 atom stereocenters. The highest BCUT2D eigenvalue weighted by Crippen LogP contribution is 2.13. The highest BCUT2D eigenvalue weighted by molar-refractivity contribution is 4.62. The summed E-state index contributed by atoms with van der Waals surface area (Å²) >= 11 is 0. The van der Waals surface area contributed by atoms with Crippen LogP contribution < -0.4 is 5.32 Å². The van der Waals surface area contributed by atoms with Crippen LogP contribution in [0.4, 0.5) is 0 Å². The molecule has 0 rings (SSSR count). The summed E-state index contributed by atoms with van der Waals surface area (Å²) in [7, 11) is 0. The average molecular weight is 358 g/mol. The van der Waals surface area contributed by atoms with E-state index < -0.39 is 0 Å². The summed E-state index contributed by atoms with van der Waals surface area (Å²) in [6.45, 7) is 5.94. The Kier molecular flexibility index (Phi) is 20.1. The summed E-state index contributed by atoms with van der Waals surface area (Å²) in [6, 6.07) is 0. The molecular formula is C22H47NO2. The maximum atomic E-state index is 9.90. The lowest BCUT2D eigenvalue weighted by Gasteiger charge is -2.14. The van der Waals surface area contributed by atoms with E-state index >= 15 is 0 Å². The van der Waals surface area contributed by atoms with Crippen molar-refractivity contribution in [2.75, 3.05) is 19.7 Å². The Balaban J connectivity index is 3.13. The molecule has 0 aliphatic heterocycles. The predicted molar refractivity (Wildman–Crippen MR) is 110 cm³/mol. The Morgan fingerprint density at radius 3 is 1.56 bits per heavy atom. The first-order valence-electron chi connectivity index (χ1n) is 11.2. The molecular weight excluding hydrogens is 310 g/mol. The summed E-state index contributed by atoms with van der Waals surface area (Å²) < 4.78 is 0. The molecule has 3 nitrogen and oxygen atoms in total. The number of nitrogens with one attached hydrogen (secondary N) is 1. The van der Waals surface area contributed by atoms with Crippen molar-refractivity contribution >= 4 is 0 Å². The van der Waals surface area contributed by atoms with Gasteiger partial charge in [-0.2, -0.15) is 0 Å². The third kappa shape index (κ3) is 20.0. The van der Waals surface area contributed by atoms with E-state index in [4.69, 9.17) is 5.11 Å². The standard InChI is InChI=1S/C22H47NO2/c1-3-4-5-6-7-8-9-10-11-12-13-14-15-16-17-22(25)19-23-18-21(2)20-24/h21-25H,3-20H2,1-2H3. The second-order valence-electron chi connectivity index (χ2n) is 7.98. The zero-order valence-electron chi connectivity index (χ0n) is 17.3. The van der Waals surface area contributed by atoms with Crippen molar-refractivity contribution in [3.8, 4) is 0 Å². The van der Waals surface area contributed by atoms with E-state index in [0.717, 1.165) is 19.4 Å². The molecule has 0 amide bonds. The molecule has 0 heterocycles. The molecule has 0 saturated carbocycles. The Labute approximate surface area is 158 Å². The van der Waals surface area contributed by atoms with Crippen LogP contribution in [0.3, 0.4) is 0 Å². The van der Waals surface area contributed by atoms with Crippen LogP contribution in [0.15, 0.2) is 0 Å². The molecule has 0 saturated heterocycles. The van der Waals surface area contributed by atoms with E-state index in [0.29, 0.717) is 6.54 Å². The van der Waals surface area contributed by atoms with Gasteiger partial charge in [-0.3, -0.25) is 0 Å². The molecule has 152 valence electrons. The molecule has 0 radical (unpaired) electrons. The van der Waals surface area contributed by atoms with Gasteiger partial charge in [0.05, 0.1) is 6.10 Å². The fourth-order valence-electron chi connectivity index (χ4n) is 3.24. The number of aliphatic hydroxyl groups excluding tert-OH is 2. The molecule has 0 fully saturated rings. The molecule has 2 unspecified atom stereocenters. The quantitative estimate of drug-likeness (QED) is 0.254. The molecule has 25 heavy (non-hydrogen) atoms. The lowest BCUT2D eigenvalue weighted by Crippen LogP contribution is -2.31. The van der Waals surface area contributed by atoms with Crippen molar-refractivity contribution in [2.45, 2.75) is 116 Å². The number of hydrogen-bond acceptors (Lipinski definition) is 3. The average Bonchev–Trinajstić information content (AvgIpc) is 2.61. The van der Waals surface area contributed by atoms with Crippen LogP contribution in [0, 0.1) is 5.92 Å². The zero-order valence-corrected chi connectivity index (χ0v) is 17.3. The molecule has 0 aromatic carbocycles. The van der Waals surface area contributed by atoms with E-state index in [9.17, 15) is 5.11 Å². The minimum Gasteiger partial charge on any atom is -0.396 e. The van der Waals surface area contributed by atoms with E-state index in [2.05, 4.69) is 12.2 Å². The van der Waals surface area contributed by atoms with Gasteiger partial charge in [0.25, 0.3) is 0 Å². The summed E-state index contributed by atoms with van der Waals surface area (Å²) in [6.07, 6.45) is 19.9. The van der Waals surface area contributed by atoms with Gasteiger partial charge < -0.3 is 15.5 Å². The second kappa shape index (κ2) is 20.2. The molecule has 0 bridgehead atoms. The first kappa shape index (κ1) is 24.9. The fourth-order valence-corrected chi connectivity index (χ4v) is 3.24. The van der Waals surface area contributed by atoms with Gasteiger partial charge in [-0.1, -0.05) is 104 Å². The molecule has 0 aromatic heterocycles. The first-order valence-corrected chi connectivity index (χ1v) is 11.2. The smallest absolute Gasteiger partial charge is 0.0664 e. The van der Waals surface area contributed by atoms with Crippen molar-refractivity contribution in [3.63, 3.8) is 0 Å². The number of hydrogen-bond donors (Lipinski definition) is 3. The normalized spacial score (nSPS) is 13.9. The zero-order chi connectivity index (χ0) is 18.6. The predicted octanol–water partition coefficient (Wildman–Crippen LogP) is 5.44. The molecule has 0 aromatic rings. The molecule has 3 heteroatoms. The Morgan fingerprint density at radius 1 is 0.680 bits per heavy atom. The number of aliphatic hydroxyl groups is 2. The maximum absolute atomic E-state index is 9.90. The Hall–Kier alpha value is -0.120. The van der Waals surface area contributed by atoms with Gasteiger partial charge in [-0.05, 0) is 18.9 Å². The first-order chi connectivity index (χ1) is 12.2. The Bertz CT molecular complexity index is 248. The summed E-state index contributed by atoms with van der Waals surface area (Å²) in [5.74, 6) is 0.272. The minimum absolute atomic E-state index is 0.210. The second-order valence-corrected chi connectivity index (χ2v) is 7.98. The molecule has 0 aliphatic carbocycles. The molecule has 3 N–H and O–H groups in total. The lowest BCUT2D eigenvalue weighted by molar-refractivity contribution is 0.153. The monoisotopic (exact) mass is 357 g/mol. The molecule has 0 aliphatic rings. The van der Waals surface area contributed by atoms with Gasteiger partial charge in [0.15, 0.2) is 0 Å². The van der Waals surface area contributed by atoms with Crippen LogP contribution >= 0.6 is 0 Å². The van der Waals surface area contributed by atoms with E-state index in [1.807, 2.05) is 6.92 Å².